The molecule has 4 nitrogen and oxygen atoms in total. The Bertz CT molecular complexity index is 385. The highest BCUT2D eigenvalue weighted by Crippen LogP contribution is 2.41. The second-order valence-corrected chi connectivity index (χ2v) is 5.11. The van der Waals surface area contributed by atoms with Crippen LogP contribution in [0.2, 0.25) is 0 Å². The van der Waals surface area contributed by atoms with Crippen LogP contribution in [0.1, 0.15) is 20.8 Å². The van der Waals surface area contributed by atoms with E-state index < -0.39 is 0 Å². The quantitative estimate of drug-likeness (QED) is 0.825. The molecule has 18 heavy (non-hydrogen) atoms. The van der Waals surface area contributed by atoms with Crippen LogP contribution in [-0.2, 0) is 0 Å². The molecule has 102 valence electrons. The van der Waals surface area contributed by atoms with Gasteiger partial charge in [-0.15, -0.1) is 0 Å². The minimum absolute atomic E-state index is 0.0185. The molecule has 0 radical (unpaired) electrons. The molecule has 1 aromatic carbocycles. The molecule has 1 rings (SSSR count). The number of hydrogen-bond acceptors (Lipinski definition) is 4. The van der Waals surface area contributed by atoms with E-state index >= 15 is 0 Å². The fourth-order valence-electron chi connectivity index (χ4n) is 1.65. The molecule has 0 heterocycles. The van der Waals surface area contributed by atoms with Gasteiger partial charge in [0.05, 0.1) is 21.3 Å². The Morgan fingerprint density at radius 3 is 1.61 bits per heavy atom. The average Bonchev–Trinajstić information content (AvgIpc) is 2.34. The lowest BCUT2D eigenvalue weighted by Crippen LogP contribution is -2.38. The molecule has 0 aliphatic heterocycles. The Labute approximate surface area is 109 Å². The third kappa shape index (κ3) is 2.81. The van der Waals surface area contributed by atoms with Crippen LogP contribution in [-0.4, -0.2) is 33.9 Å². The number of ether oxygens (including phenoxy) is 3. The predicted molar refractivity (Wildman–Crippen MR) is 74.3 cm³/mol. The van der Waals surface area contributed by atoms with E-state index in [1.54, 1.807) is 21.3 Å². The van der Waals surface area contributed by atoms with Gasteiger partial charge in [-0.05, 0) is 20.8 Å². The molecule has 4 heteroatoms. The molecule has 0 aliphatic carbocycles. The Hall–Kier alpha value is -1.58. The summed E-state index contributed by atoms with van der Waals surface area (Å²) >= 11 is 0. The van der Waals surface area contributed by atoms with Crippen molar-refractivity contribution in [2.75, 3.05) is 33.3 Å². The normalized spacial score (nSPS) is 11.1. The van der Waals surface area contributed by atoms with Crippen molar-refractivity contribution in [3.63, 3.8) is 0 Å². The molecule has 0 unspecified atom stereocenters. The Morgan fingerprint density at radius 2 is 1.33 bits per heavy atom. The topological polar surface area (TPSA) is 30.9 Å². The lowest BCUT2D eigenvalue weighted by atomic mass is 10.1. The highest BCUT2D eigenvalue weighted by Gasteiger charge is 2.21. The fraction of sp³-hybridized carbons (Fsp3) is 0.571. The van der Waals surface area contributed by atoms with Crippen LogP contribution in [0.15, 0.2) is 12.1 Å². The third-order valence-electron chi connectivity index (χ3n) is 3.04. The van der Waals surface area contributed by atoms with Gasteiger partial charge in [0.25, 0.3) is 0 Å². The molecule has 0 aliphatic rings. The number of nitrogens with zero attached hydrogens (tertiary/aromatic N) is 1. The van der Waals surface area contributed by atoms with E-state index in [2.05, 4.69) is 25.7 Å². The van der Waals surface area contributed by atoms with Crippen molar-refractivity contribution in [2.45, 2.75) is 26.3 Å². The maximum atomic E-state index is 5.35. The van der Waals surface area contributed by atoms with Crippen LogP contribution >= 0.6 is 0 Å². The largest absolute Gasteiger partial charge is 0.493 e. The molecule has 0 aromatic heterocycles. The standard InChI is InChI=1S/C14H23NO3/c1-14(2,3)15(4)10-8-11(16-5)13(18-7)12(9-10)17-6/h8-9H,1-7H3. The zero-order valence-corrected chi connectivity index (χ0v) is 12.3. The molecule has 0 spiro atoms. The van der Waals surface area contributed by atoms with Crippen molar-refractivity contribution in [1.82, 2.24) is 0 Å². The first-order chi connectivity index (χ1) is 8.35. The SMILES string of the molecule is COc1cc(N(C)C(C)(C)C)cc(OC)c1OC. The number of hydrogen-bond donors (Lipinski definition) is 0. The minimum atomic E-state index is 0.0185. The van der Waals surface area contributed by atoms with Gasteiger partial charge in [-0.1, -0.05) is 0 Å². The van der Waals surface area contributed by atoms with Crippen molar-refractivity contribution in [1.29, 1.82) is 0 Å². The Kier molecular flexibility index (Phi) is 4.33. The summed E-state index contributed by atoms with van der Waals surface area (Å²) in [7, 11) is 6.89. The van der Waals surface area contributed by atoms with Gasteiger partial charge in [0.2, 0.25) is 5.75 Å². The second-order valence-electron chi connectivity index (χ2n) is 5.11. The summed E-state index contributed by atoms with van der Waals surface area (Å²) in [5.41, 5.74) is 1.04. The monoisotopic (exact) mass is 253 g/mol. The summed E-state index contributed by atoms with van der Waals surface area (Å²) in [5.74, 6) is 1.96. The van der Waals surface area contributed by atoms with Crippen LogP contribution < -0.4 is 19.1 Å². The van der Waals surface area contributed by atoms with Crippen LogP contribution in [0.25, 0.3) is 0 Å². The van der Waals surface area contributed by atoms with Gasteiger partial charge in [0.15, 0.2) is 11.5 Å². The molecule has 0 N–H and O–H groups in total. The van der Waals surface area contributed by atoms with E-state index in [0.717, 1.165) is 5.69 Å². The average molecular weight is 253 g/mol. The van der Waals surface area contributed by atoms with Crippen LogP contribution in [0.3, 0.4) is 0 Å². The summed E-state index contributed by atoms with van der Waals surface area (Å²) < 4.78 is 16.0. The lowest BCUT2D eigenvalue weighted by molar-refractivity contribution is 0.324. The van der Waals surface area contributed by atoms with Gasteiger partial charge >= 0.3 is 0 Å². The van der Waals surface area contributed by atoms with Crippen molar-refractivity contribution in [3.8, 4) is 17.2 Å². The molecule has 0 saturated carbocycles. The molecule has 0 fully saturated rings. The second kappa shape index (κ2) is 5.38. The van der Waals surface area contributed by atoms with E-state index in [-0.39, 0.29) is 5.54 Å². The van der Waals surface area contributed by atoms with Gasteiger partial charge in [-0.2, -0.15) is 0 Å². The van der Waals surface area contributed by atoms with Crippen molar-refractivity contribution in [2.24, 2.45) is 0 Å². The molecule has 1 aromatic rings. The summed E-state index contributed by atoms with van der Waals surface area (Å²) in [6.45, 7) is 6.45. The van der Waals surface area contributed by atoms with Crippen molar-refractivity contribution < 1.29 is 14.2 Å². The zero-order chi connectivity index (χ0) is 13.9. The fourth-order valence-corrected chi connectivity index (χ4v) is 1.65. The summed E-state index contributed by atoms with van der Waals surface area (Å²) in [6, 6.07) is 3.90. The van der Waals surface area contributed by atoms with Crippen molar-refractivity contribution >= 4 is 5.69 Å². The first-order valence-corrected chi connectivity index (χ1v) is 5.89. The van der Waals surface area contributed by atoms with Gasteiger partial charge < -0.3 is 19.1 Å². The summed E-state index contributed by atoms with van der Waals surface area (Å²) in [4.78, 5) is 2.16. The highest BCUT2D eigenvalue weighted by atomic mass is 16.5. The minimum Gasteiger partial charge on any atom is -0.493 e. The molecular weight excluding hydrogens is 230 g/mol. The van der Waals surface area contributed by atoms with Crippen LogP contribution in [0.4, 0.5) is 5.69 Å². The van der Waals surface area contributed by atoms with Gasteiger partial charge in [0, 0.05) is 30.4 Å². The third-order valence-corrected chi connectivity index (χ3v) is 3.04. The van der Waals surface area contributed by atoms with Crippen LogP contribution in [0, 0.1) is 0 Å². The van der Waals surface area contributed by atoms with Gasteiger partial charge in [-0.3, -0.25) is 0 Å². The predicted octanol–water partition coefficient (Wildman–Crippen LogP) is 2.95. The first kappa shape index (κ1) is 14.5. The molecule has 0 atom stereocenters. The lowest BCUT2D eigenvalue weighted by Gasteiger charge is -2.34. The zero-order valence-electron chi connectivity index (χ0n) is 12.3. The molecule has 0 bridgehead atoms. The number of methoxy groups -OCH3 is 3. The first-order valence-electron chi connectivity index (χ1n) is 5.89. The number of rotatable bonds is 4. The smallest absolute Gasteiger partial charge is 0.203 e. The van der Waals surface area contributed by atoms with Crippen molar-refractivity contribution in [3.05, 3.63) is 12.1 Å². The summed E-state index contributed by atoms with van der Waals surface area (Å²) in [5, 5.41) is 0. The maximum absolute atomic E-state index is 5.35. The van der Waals surface area contributed by atoms with E-state index in [4.69, 9.17) is 14.2 Å². The molecule has 0 saturated heterocycles. The van der Waals surface area contributed by atoms with E-state index in [0.29, 0.717) is 17.2 Å². The highest BCUT2D eigenvalue weighted by molar-refractivity contribution is 5.64. The maximum Gasteiger partial charge on any atom is 0.203 e. The number of anilines is 1. The van der Waals surface area contributed by atoms with Gasteiger partial charge in [0.1, 0.15) is 0 Å². The van der Waals surface area contributed by atoms with E-state index in [1.165, 1.54) is 0 Å². The number of benzene rings is 1. The molecular formula is C14H23NO3. The molecule has 0 amide bonds. The van der Waals surface area contributed by atoms with Crippen LogP contribution in [0.5, 0.6) is 17.2 Å². The van der Waals surface area contributed by atoms with E-state index in [9.17, 15) is 0 Å². The van der Waals surface area contributed by atoms with Gasteiger partial charge in [-0.25, -0.2) is 0 Å². The Balaban J connectivity index is 3.32. The van der Waals surface area contributed by atoms with E-state index in [1.807, 2.05) is 19.2 Å². The Morgan fingerprint density at radius 1 is 0.889 bits per heavy atom. The summed E-state index contributed by atoms with van der Waals surface area (Å²) in [6.07, 6.45) is 0.